The van der Waals surface area contributed by atoms with E-state index in [0.29, 0.717) is 5.75 Å². The average molecular weight is 348 g/mol. The van der Waals surface area contributed by atoms with E-state index in [0.717, 1.165) is 31.1 Å². The van der Waals surface area contributed by atoms with Gasteiger partial charge in [-0.2, -0.15) is 0 Å². The van der Waals surface area contributed by atoms with Gasteiger partial charge in [0, 0.05) is 17.6 Å². The fourth-order valence-electron chi connectivity index (χ4n) is 3.74. The van der Waals surface area contributed by atoms with Gasteiger partial charge in [0.2, 0.25) is 5.91 Å². The number of unbranched alkanes of at least 4 members (excludes halogenated alkanes) is 1. The van der Waals surface area contributed by atoms with Crippen molar-refractivity contribution in [3.8, 4) is 0 Å². The third-order valence-electron chi connectivity index (χ3n) is 5.23. The lowest BCUT2D eigenvalue weighted by Gasteiger charge is -2.33. The van der Waals surface area contributed by atoms with Gasteiger partial charge in [-0.05, 0) is 50.9 Å². The number of piperidine rings is 1. The summed E-state index contributed by atoms with van der Waals surface area (Å²) >= 11 is 1.63. The smallest absolute Gasteiger partial charge is 0.237 e. The molecule has 1 aromatic rings. The molecule has 5 heteroatoms. The summed E-state index contributed by atoms with van der Waals surface area (Å²) in [7, 11) is 0. The highest BCUT2D eigenvalue weighted by Gasteiger charge is 2.25. The number of rotatable bonds is 7. The van der Waals surface area contributed by atoms with Gasteiger partial charge in [0.25, 0.3) is 0 Å². The largest absolute Gasteiger partial charge is 0.309 e. The van der Waals surface area contributed by atoms with Crippen LogP contribution in [0.25, 0.3) is 0 Å². The van der Waals surface area contributed by atoms with E-state index in [4.69, 9.17) is 0 Å². The quantitative estimate of drug-likeness (QED) is 0.751. The first-order valence-electron chi connectivity index (χ1n) is 9.37. The van der Waals surface area contributed by atoms with Crippen molar-refractivity contribution in [3.05, 3.63) is 18.5 Å². The van der Waals surface area contributed by atoms with Gasteiger partial charge in [-0.1, -0.05) is 26.2 Å². The standard InChI is InChI=1S/C19H29N3OS/c1-2-3-5-16-7-12-21(13-8-16)10-4-11-22-17-14-20-9-6-18(17)24-15-19(22)23/h6,9,14,16H,2-5,7-8,10-13,15H2,1H3. The Labute approximate surface area is 150 Å². The van der Waals surface area contributed by atoms with E-state index in [9.17, 15) is 4.79 Å². The van der Waals surface area contributed by atoms with Crippen molar-refractivity contribution in [1.82, 2.24) is 9.88 Å². The molecule has 0 aromatic carbocycles. The first-order chi connectivity index (χ1) is 11.8. The molecule has 2 aliphatic rings. The number of pyridine rings is 1. The molecule has 0 atom stereocenters. The molecule has 3 rings (SSSR count). The van der Waals surface area contributed by atoms with Crippen molar-refractivity contribution in [3.63, 3.8) is 0 Å². The maximum Gasteiger partial charge on any atom is 0.237 e. The monoisotopic (exact) mass is 347 g/mol. The van der Waals surface area contributed by atoms with Gasteiger partial charge in [-0.25, -0.2) is 0 Å². The lowest BCUT2D eigenvalue weighted by Crippen LogP contribution is -2.39. The van der Waals surface area contributed by atoms with Crippen molar-refractivity contribution in [2.24, 2.45) is 5.92 Å². The number of aromatic nitrogens is 1. The number of amides is 1. The van der Waals surface area contributed by atoms with E-state index in [1.807, 2.05) is 23.4 Å². The normalized spacial score (nSPS) is 19.5. The molecule has 0 N–H and O–H groups in total. The number of hydrogen-bond donors (Lipinski definition) is 0. The topological polar surface area (TPSA) is 36.4 Å². The number of likely N-dealkylation sites (tertiary alicyclic amines) is 1. The number of anilines is 1. The number of nitrogens with zero attached hydrogens (tertiary/aromatic N) is 3. The molecule has 0 aliphatic carbocycles. The van der Waals surface area contributed by atoms with Crippen LogP contribution in [0.3, 0.4) is 0 Å². The minimum atomic E-state index is 0.221. The first-order valence-corrected chi connectivity index (χ1v) is 10.4. The summed E-state index contributed by atoms with van der Waals surface area (Å²) in [5.41, 5.74) is 0.997. The van der Waals surface area contributed by atoms with Crippen LogP contribution < -0.4 is 4.90 Å². The molecule has 2 aliphatic heterocycles. The van der Waals surface area contributed by atoms with E-state index in [1.54, 1.807) is 11.8 Å². The van der Waals surface area contributed by atoms with Crippen LogP contribution in [-0.4, -0.2) is 47.7 Å². The van der Waals surface area contributed by atoms with Crippen molar-refractivity contribution in [1.29, 1.82) is 0 Å². The highest BCUT2D eigenvalue weighted by Crippen LogP contribution is 2.34. The Balaban J connectivity index is 1.43. The Bertz CT molecular complexity index is 543. The Kier molecular flexibility index (Phi) is 6.55. The first kappa shape index (κ1) is 17.7. The second kappa shape index (κ2) is 8.86. The van der Waals surface area contributed by atoms with Gasteiger partial charge < -0.3 is 9.80 Å². The van der Waals surface area contributed by atoms with E-state index in [-0.39, 0.29) is 5.91 Å². The Morgan fingerprint density at radius 3 is 2.88 bits per heavy atom. The highest BCUT2D eigenvalue weighted by atomic mass is 32.2. The minimum Gasteiger partial charge on any atom is -0.309 e. The Morgan fingerprint density at radius 1 is 1.25 bits per heavy atom. The molecular weight excluding hydrogens is 318 g/mol. The lowest BCUT2D eigenvalue weighted by atomic mass is 9.91. The number of carbonyl (C=O) groups is 1. The Hall–Kier alpha value is -1.07. The third kappa shape index (κ3) is 4.51. The van der Waals surface area contributed by atoms with E-state index >= 15 is 0 Å². The molecule has 0 spiro atoms. The summed E-state index contributed by atoms with van der Waals surface area (Å²) in [6.45, 7) is 6.66. The van der Waals surface area contributed by atoms with Crippen LogP contribution in [0.2, 0.25) is 0 Å². The van der Waals surface area contributed by atoms with E-state index in [2.05, 4.69) is 16.8 Å². The van der Waals surface area contributed by atoms with Gasteiger partial charge >= 0.3 is 0 Å². The minimum absolute atomic E-state index is 0.221. The molecule has 132 valence electrons. The summed E-state index contributed by atoms with van der Waals surface area (Å²) in [5, 5.41) is 0. The zero-order valence-electron chi connectivity index (χ0n) is 14.7. The fraction of sp³-hybridized carbons (Fsp3) is 0.684. The number of hydrogen-bond acceptors (Lipinski definition) is 4. The molecule has 1 saturated heterocycles. The number of thioether (sulfide) groups is 1. The summed E-state index contributed by atoms with van der Waals surface area (Å²) in [5.74, 6) is 1.72. The van der Waals surface area contributed by atoms with Gasteiger partial charge in [-0.15, -0.1) is 11.8 Å². The van der Waals surface area contributed by atoms with Crippen molar-refractivity contribution in [2.45, 2.75) is 50.3 Å². The SMILES string of the molecule is CCCCC1CCN(CCCN2C(=O)CSc3ccncc32)CC1. The highest BCUT2D eigenvalue weighted by molar-refractivity contribution is 8.00. The molecule has 1 fully saturated rings. The van der Waals surface area contributed by atoms with Crippen LogP contribution in [0.15, 0.2) is 23.4 Å². The third-order valence-corrected chi connectivity index (χ3v) is 6.28. The van der Waals surface area contributed by atoms with Crippen molar-refractivity contribution in [2.75, 3.05) is 36.8 Å². The van der Waals surface area contributed by atoms with Gasteiger partial charge in [0.15, 0.2) is 0 Å². The molecule has 24 heavy (non-hydrogen) atoms. The molecule has 1 amide bonds. The maximum atomic E-state index is 12.2. The van der Waals surface area contributed by atoms with Gasteiger partial charge in [-0.3, -0.25) is 9.78 Å². The van der Waals surface area contributed by atoms with Crippen LogP contribution in [0.1, 0.15) is 45.4 Å². The van der Waals surface area contributed by atoms with Crippen LogP contribution in [0, 0.1) is 5.92 Å². The number of fused-ring (bicyclic) bond motifs is 1. The zero-order valence-corrected chi connectivity index (χ0v) is 15.6. The summed E-state index contributed by atoms with van der Waals surface area (Å²) < 4.78 is 0. The van der Waals surface area contributed by atoms with E-state index in [1.165, 1.54) is 50.1 Å². The predicted molar refractivity (Wildman–Crippen MR) is 101 cm³/mol. The number of carbonyl (C=O) groups excluding carboxylic acids is 1. The molecule has 3 heterocycles. The molecule has 0 radical (unpaired) electrons. The van der Waals surface area contributed by atoms with Crippen molar-refractivity contribution >= 4 is 23.4 Å². The van der Waals surface area contributed by atoms with Crippen LogP contribution in [0.4, 0.5) is 5.69 Å². The predicted octanol–water partition coefficient (Wildman–Crippen LogP) is 3.81. The molecule has 0 bridgehead atoms. The van der Waals surface area contributed by atoms with Crippen LogP contribution in [-0.2, 0) is 4.79 Å². The summed E-state index contributed by atoms with van der Waals surface area (Å²) in [4.78, 5) is 22.1. The molecule has 0 saturated carbocycles. The molecule has 4 nitrogen and oxygen atoms in total. The summed E-state index contributed by atoms with van der Waals surface area (Å²) in [6, 6.07) is 2.01. The van der Waals surface area contributed by atoms with Crippen LogP contribution >= 0.6 is 11.8 Å². The van der Waals surface area contributed by atoms with Crippen LogP contribution in [0.5, 0.6) is 0 Å². The molecular formula is C19H29N3OS. The fourth-order valence-corrected chi connectivity index (χ4v) is 4.64. The zero-order chi connectivity index (χ0) is 16.8. The van der Waals surface area contributed by atoms with E-state index < -0.39 is 0 Å². The average Bonchev–Trinajstić information content (AvgIpc) is 2.63. The molecule has 1 aromatic heterocycles. The second-order valence-corrected chi connectivity index (χ2v) is 7.98. The second-order valence-electron chi connectivity index (χ2n) is 6.96. The Morgan fingerprint density at radius 2 is 2.08 bits per heavy atom. The maximum absolute atomic E-state index is 12.2. The van der Waals surface area contributed by atoms with Gasteiger partial charge in [0.1, 0.15) is 0 Å². The van der Waals surface area contributed by atoms with Gasteiger partial charge in [0.05, 0.1) is 17.6 Å². The lowest BCUT2D eigenvalue weighted by molar-refractivity contribution is -0.116. The van der Waals surface area contributed by atoms with Crippen molar-refractivity contribution < 1.29 is 4.79 Å². The summed E-state index contributed by atoms with van der Waals surface area (Å²) in [6.07, 6.45) is 11.5. The molecule has 0 unspecified atom stereocenters.